The lowest BCUT2D eigenvalue weighted by molar-refractivity contribution is -0.180. The monoisotopic (exact) mass is 348 g/mol. The Labute approximate surface area is 146 Å². The van der Waals surface area contributed by atoms with E-state index in [1.165, 1.54) is 13.8 Å². The van der Waals surface area contributed by atoms with E-state index in [4.69, 9.17) is 0 Å². The van der Waals surface area contributed by atoms with Crippen LogP contribution in [-0.2, 0) is 6.42 Å². The zero-order chi connectivity index (χ0) is 18.6. The molecule has 0 unspecified atom stereocenters. The second kappa shape index (κ2) is 5.52. The van der Waals surface area contributed by atoms with Gasteiger partial charge in [-0.05, 0) is 38.8 Å². The van der Waals surface area contributed by atoms with Gasteiger partial charge in [-0.3, -0.25) is 4.79 Å². The maximum Gasteiger partial charge on any atom is 0.315 e. The van der Waals surface area contributed by atoms with Crippen molar-refractivity contribution in [3.63, 3.8) is 0 Å². The molecule has 1 aliphatic heterocycles. The highest BCUT2D eigenvalue weighted by atomic mass is 16.4. The fourth-order valence-electron chi connectivity index (χ4n) is 4.38. The van der Waals surface area contributed by atoms with Crippen LogP contribution in [0.2, 0.25) is 0 Å². The largest absolute Gasteiger partial charge is 0.393 e. The van der Waals surface area contributed by atoms with Crippen LogP contribution in [0, 0.1) is 5.92 Å². The average Bonchev–Trinajstić information content (AvgIpc) is 2.92. The molecule has 1 aromatic carbocycles. The SMILES string of the molecule is CC(=O)c1cccc(C[C@H]2[C@@H]3NC(=O)N[C@]3(C)[C@@](C)(O)[C@@]2(O)CO)c1. The Morgan fingerprint density at radius 2 is 1.96 bits per heavy atom. The van der Waals surface area contributed by atoms with E-state index in [2.05, 4.69) is 10.6 Å². The number of carbonyl (C=O) groups is 2. The number of fused-ring (bicyclic) bond motifs is 1. The van der Waals surface area contributed by atoms with Crippen molar-refractivity contribution in [3.8, 4) is 0 Å². The van der Waals surface area contributed by atoms with Crippen molar-refractivity contribution in [1.82, 2.24) is 10.6 Å². The fourth-order valence-corrected chi connectivity index (χ4v) is 4.38. The standard InChI is InChI=1S/C18H24N2O5/c1-10(22)12-6-4-5-11(7-12)8-13-14-16(2,20-15(23)19-14)17(3,24)18(13,25)9-21/h4-7,13-14,21,24-25H,8-9H2,1-3H3,(H2,19,20,23)/t13-,14-,16-,17+,18+/m0/s1. The topological polar surface area (TPSA) is 119 Å². The molecule has 0 spiro atoms. The van der Waals surface area contributed by atoms with Crippen LogP contribution >= 0.6 is 0 Å². The summed E-state index contributed by atoms with van der Waals surface area (Å²) in [6.07, 6.45) is 0.288. The van der Waals surface area contributed by atoms with Gasteiger partial charge in [0.05, 0.1) is 18.2 Å². The lowest BCUT2D eigenvalue weighted by Crippen LogP contribution is -2.66. The van der Waals surface area contributed by atoms with Crippen molar-refractivity contribution in [2.75, 3.05) is 6.61 Å². The van der Waals surface area contributed by atoms with Crippen molar-refractivity contribution in [1.29, 1.82) is 0 Å². The second-order valence-corrected chi connectivity index (χ2v) is 7.50. The number of aliphatic hydroxyl groups excluding tert-OH is 1. The smallest absolute Gasteiger partial charge is 0.315 e. The number of Topliss-reactive ketones (excluding diaryl/α,β-unsaturated/α-hetero) is 1. The number of ketones is 1. The third-order valence-electron chi connectivity index (χ3n) is 6.18. The predicted molar refractivity (Wildman–Crippen MR) is 90.2 cm³/mol. The van der Waals surface area contributed by atoms with Crippen molar-refractivity contribution in [3.05, 3.63) is 35.4 Å². The molecule has 136 valence electrons. The molecular formula is C18H24N2O5. The van der Waals surface area contributed by atoms with Crippen molar-refractivity contribution < 1.29 is 24.9 Å². The number of aliphatic hydroxyl groups is 3. The fraction of sp³-hybridized carbons (Fsp3) is 0.556. The lowest BCUT2D eigenvalue weighted by Gasteiger charge is -2.43. The highest BCUT2D eigenvalue weighted by molar-refractivity contribution is 5.94. The van der Waals surface area contributed by atoms with Gasteiger partial charge < -0.3 is 26.0 Å². The molecule has 1 heterocycles. The number of urea groups is 1. The molecule has 0 aromatic heterocycles. The van der Waals surface area contributed by atoms with Gasteiger partial charge in [0.1, 0.15) is 11.2 Å². The zero-order valence-electron chi connectivity index (χ0n) is 14.5. The first-order valence-corrected chi connectivity index (χ1v) is 8.31. The molecule has 7 heteroatoms. The summed E-state index contributed by atoms with van der Waals surface area (Å²) in [6.45, 7) is 3.90. The van der Waals surface area contributed by atoms with Crippen molar-refractivity contribution >= 4 is 11.8 Å². The first kappa shape index (κ1) is 17.8. The number of nitrogens with one attached hydrogen (secondary N) is 2. The van der Waals surface area contributed by atoms with Gasteiger partial charge in [-0.2, -0.15) is 0 Å². The van der Waals surface area contributed by atoms with Gasteiger partial charge in [0.15, 0.2) is 5.78 Å². The molecule has 2 fully saturated rings. The Morgan fingerprint density at radius 1 is 1.28 bits per heavy atom. The molecule has 1 aliphatic carbocycles. The van der Waals surface area contributed by atoms with Gasteiger partial charge >= 0.3 is 6.03 Å². The van der Waals surface area contributed by atoms with E-state index in [1.54, 1.807) is 25.1 Å². The second-order valence-electron chi connectivity index (χ2n) is 7.50. The van der Waals surface area contributed by atoms with Gasteiger partial charge in [-0.15, -0.1) is 0 Å². The molecule has 5 N–H and O–H groups in total. The molecule has 2 amide bonds. The molecule has 0 radical (unpaired) electrons. The summed E-state index contributed by atoms with van der Waals surface area (Å²) in [7, 11) is 0. The van der Waals surface area contributed by atoms with Crippen molar-refractivity contribution in [2.24, 2.45) is 5.92 Å². The third kappa shape index (κ3) is 2.30. The molecule has 1 saturated carbocycles. The molecule has 1 aromatic rings. The lowest BCUT2D eigenvalue weighted by atomic mass is 9.76. The van der Waals surface area contributed by atoms with Crippen LogP contribution in [0.1, 0.15) is 36.7 Å². The van der Waals surface area contributed by atoms with Crippen LogP contribution in [0.15, 0.2) is 24.3 Å². The minimum absolute atomic E-state index is 0.0710. The summed E-state index contributed by atoms with van der Waals surface area (Å²) in [4.78, 5) is 23.5. The summed E-state index contributed by atoms with van der Waals surface area (Å²) in [5, 5.41) is 37.5. The minimum Gasteiger partial charge on any atom is -0.393 e. The van der Waals surface area contributed by atoms with Gasteiger partial charge in [-0.1, -0.05) is 18.2 Å². The summed E-state index contributed by atoms with van der Waals surface area (Å²) < 4.78 is 0. The van der Waals surface area contributed by atoms with Crippen molar-refractivity contribution in [2.45, 2.75) is 50.0 Å². The van der Waals surface area contributed by atoms with Gasteiger partial charge in [0.25, 0.3) is 0 Å². The summed E-state index contributed by atoms with van der Waals surface area (Å²) in [5.74, 6) is -0.711. The molecule has 1 saturated heterocycles. The van der Waals surface area contributed by atoms with E-state index in [0.717, 1.165) is 5.56 Å². The molecule has 5 atom stereocenters. The number of carbonyl (C=O) groups excluding carboxylic acids is 2. The molecule has 7 nitrogen and oxygen atoms in total. The van der Waals surface area contributed by atoms with Crippen LogP contribution in [0.3, 0.4) is 0 Å². The number of benzene rings is 1. The van der Waals surface area contributed by atoms with Gasteiger partial charge in [0.2, 0.25) is 0 Å². The van der Waals surface area contributed by atoms with Crippen LogP contribution in [-0.4, -0.2) is 56.5 Å². The summed E-state index contributed by atoms with van der Waals surface area (Å²) in [5.41, 5.74) is -3.37. The molecular weight excluding hydrogens is 324 g/mol. The number of hydrogen-bond acceptors (Lipinski definition) is 5. The Balaban J connectivity index is 2.03. The van der Waals surface area contributed by atoms with Gasteiger partial charge in [0, 0.05) is 11.5 Å². The first-order valence-electron chi connectivity index (χ1n) is 8.31. The average molecular weight is 348 g/mol. The van der Waals surface area contributed by atoms with E-state index in [-0.39, 0.29) is 12.2 Å². The van der Waals surface area contributed by atoms with E-state index < -0.39 is 41.3 Å². The molecule has 3 rings (SSSR count). The summed E-state index contributed by atoms with van der Waals surface area (Å²) in [6, 6.07) is 6.01. The zero-order valence-corrected chi connectivity index (χ0v) is 14.5. The van der Waals surface area contributed by atoms with Crippen LogP contribution in [0.4, 0.5) is 4.79 Å². The summed E-state index contributed by atoms with van der Waals surface area (Å²) >= 11 is 0. The Kier molecular flexibility index (Phi) is 3.94. The maximum atomic E-state index is 11.9. The molecule has 2 aliphatic rings. The number of rotatable bonds is 4. The quantitative estimate of drug-likeness (QED) is 0.490. The highest BCUT2D eigenvalue weighted by Crippen LogP contribution is 2.52. The first-order chi connectivity index (χ1) is 11.6. The van der Waals surface area contributed by atoms with E-state index in [0.29, 0.717) is 5.56 Å². The van der Waals surface area contributed by atoms with Crippen LogP contribution in [0.25, 0.3) is 0 Å². The molecule has 25 heavy (non-hydrogen) atoms. The Bertz CT molecular complexity index is 734. The molecule has 0 bridgehead atoms. The maximum absolute atomic E-state index is 11.9. The Morgan fingerprint density at radius 3 is 2.56 bits per heavy atom. The van der Waals surface area contributed by atoms with Crippen LogP contribution in [0.5, 0.6) is 0 Å². The van der Waals surface area contributed by atoms with E-state index in [1.807, 2.05) is 6.07 Å². The third-order valence-corrected chi connectivity index (χ3v) is 6.18. The van der Waals surface area contributed by atoms with Crippen LogP contribution < -0.4 is 10.6 Å². The normalized spacial score (nSPS) is 39.7. The number of hydrogen-bond donors (Lipinski definition) is 5. The van der Waals surface area contributed by atoms with E-state index in [9.17, 15) is 24.9 Å². The van der Waals surface area contributed by atoms with E-state index >= 15 is 0 Å². The predicted octanol–water partition coefficient (Wildman–Crippen LogP) is -0.0240. The van der Waals surface area contributed by atoms with Gasteiger partial charge in [-0.25, -0.2) is 4.79 Å². The highest BCUT2D eigenvalue weighted by Gasteiger charge is 2.74. The Hall–Kier alpha value is -1.96. The minimum atomic E-state index is -1.82. The number of amides is 2.